The van der Waals surface area contributed by atoms with Crippen LogP contribution in [-0.2, 0) is 4.74 Å². The van der Waals surface area contributed by atoms with Crippen molar-refractivity contribution >= 4 is 27.0 Å². The van der Waals surface area contributed by atoms with E-state index in [-0.39, 0.29) is 11.6 Å². The van der Waals surface area contributed by atoms with Crippen molar-refractivity contribution in [2.75, 3.05) is 13.2 Å². The fourth-order valence-corrected chi connectivity index (χ4v) is 2.47. The zero-order valence-electron chi connectivity index (χ0n) is 11.9. The summed E-state index contributed by atoms with van der Waals surface area (Å²) in [5, 5.41) is 4.36. The summed E-state index contributed by atoms with van der Waals surface area (Å²) in [5.74, 6) is 0.578. The van der Waals surface area contributed by atoms with Gasteiger partial charge >= 0.3 is 0 Å². The molecule has 6 nitrogen and oxygen atoms in total. The summed E-state index contributed by atoms with van der Waals surface area (Å²) in [4.78, 5) is 19.1. The van der Waals surface area contributed by atoms with Crippen molar-refractivity contribution in [3.05, 3.63) is 20.8 Å². The Morgan fingerprint density at radius 2 is 2.25 bits per heavy atom. The topological polar surface area (TPSA) is 72.8 Å². The lowest BCUT2D eigenvalue weighted by molar-refractivity contribution is 0.103. The number of nitrogens with zero attached hydrogens (tertiary/aromatic N) is 3. The Hall–Kier alpha value is -1.21. The van der Waals surface area contributed by atoms with Crippen LogP contribution in [0.15, 0.2) is 9.40 Å². The average Bonchev–Trinajstić information content (AvgIpc) is 2.72. The fraction of sp³-hybridized carbons (Fsp3) is 0.615. The van der Waals surface area contributed by atoms with Gasteiger partial charge in [0.15, 0.2) is 10.1 Å². The van der Waals surface area contributed by atoms with Crippen LogP contribution < -0.4 is 5.56 Å². The molecule has 0 bridgehead atoms. The molecule has 2 aromatic rings. The first-order valence-corrected chi connectivity index (χ1v) is 7.56. The molecule has 0 aliphatic rings. The number of aromatic nitrogens is 4. The van der Waals surface area contributed by atoms with E-state index < -0.39 is 0 Å². The Balaban J connectivity index is 2.28. The molecule has 0 fully saturated rings. The van der Waals surface area contributed by atoms with Crippen molar-refractivity contribution in [3.63, 3.8) is 0 Å². The number of aromatic amines is 1. The van der Waals surface area contributed by atoms with Gasteiger partial charge in [0.2, 0.25) is 0 Å². The van der Waals surface area contributed by atoms with Gasteiger partial charge < -0.3 is 9.72 Å². The molecule has 0 aliphatic carbocycles. The van der Waals surface area contributed by atoms with Gasteiger partial charge in [-0.2, -0.15) is 5.10 Å². The quantitative estimate of drug-likeness (QED) is 0.818. The lowest BCUT2D eigenvalue weighted by Crippen LogP contribution is -2.19. The molecule has 0 saturated carbocycles. The molecule has 0 amide bonds. The molecule has 2 heterocycles. The summed E-state index contributed by atoms with van der Waals surface area (Å²) in [6.07, 6.45) is 2.14. The highest BCUT2D eigenvalue weighted by molar-refractivity contribution is 9.10. The van der Waals surface area contributed by atoms with E-state index in [0.29, 0.717) is 28.1 Å². The molecule has 0 aliphatic heterocycles. The lowest BCUT2D eigenvalue weighted by atomic mass is 10.3. The number of hydrogen-bond donors (Lipinski definition) is 1. The van der Waals surface area contributed by atoms with Crippen LogP contribution in [-0.4, -0.2) is 33.0 Å². The van der Waals surface area contributed by atoms with Gasteiger partial charge in [0.1, 0.15) is 11.3 Å². The SMILES string of the molecule is CCCCOC[C@H](C)n1nc(Br)c2nc(C)[nH]c(=O)c21. The van der Waals surface area contributed by atoms with E-state index in [1.165, 1.54) is 0 Å². The van der Waals surface area contributed by atoms with Crippen molar-refractivity contribution in [3.8, 4) is 0 Å². The highest BCUT2D eigenvalue weighted by Gasteiger charge is 2.18. The fourth-order valence-electron chi connectivity index (χ4n) is 2.02. The zero-order chi connectivity index (χ0) is 14.7. The molecular formula is C13H19BrN4O2. The van der Waals surface area contributed by atoms with Gasteiger partial charge in [0.05, 0.1) is 12.6 Å². The van der Waals surface area contributed by atoms with Gasteiger partial charge in [0, 0.05) is 6.61 Å². The van der Waals surface area contributed by atoms with Crippen molar-refractivity contribution in [2.24, 2.45) is 0 Å². The smallest absolute Gasteiger partial charge is 0.277 e. The molecule has 2 rings (SSSR count). The first kappa shape index (κ1) is 15.2. The number of fused-ring (bicyclic) bond motifs is 1. The summed E-state index contributed by atoms with van der Waals surface area (Å²) in [5.41, 5.74) is 0.895. The summed E-state index contributed by atoms with van der Waals surface area (Å²) < 4.78 is 7.87. The van der Waals surface area contributed by atoms with Crippen LogP contribution in [0.1, 0.15) is 38.6 Å². The van der Waals surface area contributed by atoms with E-state index in [2.05, 4.69) is 37.9 Å². The Bertz CT molecular complexity index is 650. The number of hydrogen-bond acceptors (Lipinski definition) is 4. The second-order valence-corrected chi connectivity index (χ2v) is 5.61. The van der Waals surface area contributed by atoms with E-state index in [0.717, 1.165) is 19.4 Å². The van der Waals surface area contributed by atoms with Gasteiger partial charge in [0.25, 0.3) is 5.56 Å². The molecule has 1 atom stereocenters. The van der Waals surface area contributed by atoms with Gasteiger partial charge in [-0.15, -0.1) is 0 Å². The summed E-state index contributed by atoms with van der Waals surface area (Å²) in [6.45, 7) is 7.11. The van der Waals surface area contributed by atoms with E-state index in [1.54, 1.807) is 11.6 Å². The van der Waals surface area contributed by atoms with E-state index >= 15 is 0 Å². The van der Waals surface area contributed by atoms with Crippen LogP contribution in [0.5, 0.6) is 0 Å². The number of aryl methyl sites for hydroxylation is 1. The molecule has 0 spiro atoms. The molecule has 20 heavy (non-hydrogen) atoms. The van der Waals surface area contributed by atoms with Gasteiger partial charge in [-0.1, -0.05) is 13.3 Å². The first-order valence-electron chi connectivity index (χ1n) is 6.77. The van der Waals surface area contributed by atoms with Gasteiger partial charge in [-0.3, -0.25) is 9.48 Å². The minimum Gasteiger partial charge on any atom is -0.379 e. The summed E-state index contributed by atoms with van der Waals surface area (Å²) in [7, 11) is 0. The second kappa shape index (κ2) is 6.49. The monoisotopic (exact) mass is 342 g/mol. The van der Waals surface area contributed by atoms with Crippen molar-refractivity contribution < 1.29 is 4.74 Å². The molecule has 1 N–H and O–H groups in total. The van der Waals surface area contributed by atoms with Crippen molar-refractivity contribution in [1.82, 2.24) is 19.7 Å². The minimum atomic E-state index is -0.175. The standard InChI is InChI=1S/C13H19BrN4O2/c1-4-5-6-20-7-8(2)18-11-10(12(14)17-18)15-9(3)16-13(11)19/h8H,4-7H2,1-3H3,(H,15,16,19)/t8-/m0/s1. The third-order valence-electron chi connectivity index (χ3n) is 3.05. The maximum atomic E-state index is 12.1. The molecule has 2 aromatic heterocycles. The molecule has 0 radical (unpaired) electrons. The number of ether oxygens (including phenoxy) is 1. The molecule has 110 valence electrons. The number of H-pyrrole nitrogens is 1. The largest absolute Gasteiger partial charge is 0.379 e. The maximum absolute atomic E-state index is 12.1. The molecule has 0 aromatic carbocycles. The molecule has 0 saturated heterocycles. The van der Waals surface area contributed by atoms with E-state index in [1.807, 2.05) is 6.92 Å². The third-order valence-corrected chi connectivity index (χ3v) is 3.59. The van der Waals surface area contributed by atoms with Crippen LogP contribution in [0.25, 0.3) is 11.0 Å². The van der Waals surface area contributed by atoms with Gasteiger partial charge in [-0.25, -0.2) is 4.98 Å². The van der Waals surface area contributed by atoms with Crippen molar-refractivity contribution in [2.45, 2.75) is 39.7 Å². The second-order valence-electron chi connectivity index (χ2n) is 4.86. The number of rotatable bonds is 6. The Kier molecular flexibility index (Phi) is 4.93. The average molecular weight is 343 g/mol. The zero-order valence-corrected chi connectivity index (χ0v) is 13.5. The van der Waals surface area contributed by atoms with Gasteiger partial charge in [-0.05, 0) is 36.2 Å². The number of nitrogens with one attached hydrogen (secondary N) is 1. The van der Waals surface area contributed by atoms with E-state index in [9.17, 15) is 4.79 Å². The normalized spacial score (nSPS) is 13.0. The molecule has 7 heteroatoms. The summed E-state index contributed by atoms with van der Waals surface area (Å²) >= 11 is 3.36. The van der Waals surface area contributed by atoms with Crippen molar-refractivity contribution in [1.29, 1.82) is 0 Å². The van der Waals surface area contributed by atoms with Crippen LogP contribution in [0, 0.1) is 6.92 Å². The van der Waals surface area contributed by atoms with Crippen LogP contribution in [0.2, 0.25) is 0 Å². The maximum Gasteiger partial charge on any atom is 0.277 e. The summed E-state index contributed by atoms with van der Waals surface area (Å²) in [6, 6.07) is -0.0220. The van der Waals surface area contributed by atoms with Crippen LogP contribution in [0.3, 0.4) is 0 Å². The minimum absolute atomic E-state index is 0.0220. The predicted molar refractivity (Wildman–Crippen MR) is 81.0 cm³/mol. The lowest BCUT2D eigenvalue weighted by Gasteiger charge is -2.13. The Morgan fingerprint density at radius 3 is 2.95 bits per heavy atom. The van der Waals surface area contributed by atoms with E-state index in [4.69, 9.17) is 4.74 Å². The number of halogens is 1. The first-order chi connectivity index (χ1) is 9.54. The number of unbranched alkanes of at least 4 members (excludes halogenated alkanes) is 1. The third kappa shape index (κ3) is 3.09. The highest BCUT2D eigenvalue weighted by atomic mass is 79.9. The van der Waals surface area contributed by atoms with Crippen LogP contribution >= 0.6 is 15.9 Å². The Morgan fingerprint density at radius 1 is 1.50 bits per heavy atom. The highest BCUT2D eigenvalue weighted by Crippen LogP contribution is 2.21. The Labute approximate surface area is 125 Å². The van der Waals surface area contributed by atoms with Crippen LogP contribution in [0.4, 0.5) is 0 Å². The molecular weight excluding hydrogens is 324 g/mol. The molecule has 0 unspecified atom stereocenters. The predicted octanol–water partition coefficient (Wildman–Crippen LogP) is 2.57.